The second kappa shape index (κ2) is 8.59. The molecule has 1 unspecified atom stereocenters. The van der Waals surface area contributed by atoms with E-state index in [1.807, 2.05) is 31.2 Å². The second-order valence-electron chi connectivity index (χ2n) is 5.57. The van der Waals surface area contributed by atoms with Gasteiger partial charge in [0.15, 0.2) is 0 Å². The van der Waals surface area contributed by atoms with Crippen molar-refractivity contribution in [3.05, 3.63) is 47.2 Å². The third kappa shape index (κ3) is 5.83. The summed E-state index contributed by atoms with van der Waals surface area (Å²) in [5.41, 5.74) is 1.99. The van der Waals surface area contributed by atoms with Crippen LogP contribution in [-0.2, 0) is 16.1 Å². The van der Waals surface area contributed by atoms with Gasteiger partial charge in [0.25, 0.3) is 5.91 Å². The summed E-state index contributed by atoms with van der Waals surface area (Å²) in [5, 5.41) is 23.4. The first-order valence-corrected chi connectivity index (χ1v) is 7.28. The van der Waals surface area contributed by atoms with Crippen molar-refractivity contribution in [2.24, 2.45) is 5.92 Å². The van der Waals surface area contributed by atoms with Crippen LogP contribution in [0.1, 0.15) is 25.0 Å². The molecule has 0 spiro atoms. The van der Waals surface area contributed by atoms with Crippen molar-refractivity contribution in [1.29, 1.82) is 5.26 Å². The van der Waals surface area contributed by atoms with Gasteiger partial charge in [-0.3, -0.25) is 4.79 Å². The van der Waals surface area contributed by atoms with Crippen LogP contribution < -0.4 is 10.6 Å². The van der Waals surface area contributed by atoms with Gasteiger partial charge in [-0.25, -0.2) is 4.79 Å². The number of benzene rings is 1. The number of carbonyl (C=O) groups is 2. The molecule has 122 valence electrons. The maximum Gasteiger partial charge on any atom is 0.326 e. The number of hydrogen-bond acceptors (Lipinski definition) is 4. The predicted molar refractivity (Wildman–Crippen MR) is 86.1 cm³/mol. The van der Waals surface area contributed by atoms with Crippen molar-refractivity contribution < 1.29 is 14.7 Å². The Morgan fingerprint density at radius 3 is 2.39 bits per heavy atom. The average Bonchev–Trinajstić information content (AvgIpc) is 2.50. The molecule has 1 rings (SSSR count). The van der Waals surface area contributed by atoms with Crippen LogP contribution in [0.15, 0.2) is 36.0 Å². The fraction of sp³-hybridized carbons (Fsp3) is 0.353. The number of nitriles is 1. The van der Waals surface area contributed by atoms with E-state index in [9.17, 15) is 9.59 Å². The highest BCUT2D eigenvalue weighted by molar-refractivity contribution is 5.99. The van der Waals surface area contributed by atoms with Gasteiger partial charge >= 0.3 is 5.97 Å². The second-order valence-corrected chi connectivity index (χ2v) is 5.57. The zero-order valence-corrected chi connectivity index (χ0v) is 13.5. The van der Waals surface area contributed by atoms with Crippen LogP contribution in [0.2, 0.25) is 0 Å². The standard InChI is InChI=1S/C17H21N3O3/c1-11(2)15(17(22)23)20-16(21)14(8-18)10-19-9-13-6-4-12(3)5-7-13/h4-7,10-11,15,19H,9H2,1-3H3,(H,20,21)(H,22,23)/b14-10-. The number of aryl methyl sites for hydroxylation is 1. The van der Waals surface area contributed by atoms with Gasteiger partial charge in [0.05, 0.1) is 0 Å². The molecule has 0 radical (unpaired) electrons. The summed E-state index contributed by atoms with van der Waals surface area (Å²) in [5.74, 6) is -2.11. The number of carbonyl (C=O) groups excluding carboxylic acids is 1. The monoisotopic (exact) mass is 315 g/mol. The Labute approximate surface area is 135 Å². The van der Waals surface area contributed by atoms with Crippen LogP contribution in [0.4, 0.5) is 0 Å². The number of rotatable bonds is 7. The molecule has 1 amide bonds. The highest BCUT2D eigenvalue weighted by Crippen LogP contribution is 2.05. The summed E-state index contributed by atoms with van der Waals surface area (Å²) in [6, 6.07) is 8.58. The van der Waals surface area contributed by atoms with Crippen LogP contribution in [0, 0.1) is 24.2 Å². The molecular formula is C17H21N3O3. The van der Waals surface area contributed by atoms with Crippen molar-refractivity contribution >= 4 is 11.9 Å². The average molecular weight is 315 g/mol. The highest BCUT2D eigenvalue weighted by atomic mass is 16.4. The van der Waals surface area contributed by atoms with Crippen LogP contribution in [0.25, 0.3) is 0 Å². The van der Waals surface area contributed by atoms with Crippen molar-refractivity contribution in [1.82, 2.24) is 10.6 Å². The molecular weight excluding hydrogens is 294 g/mol. The third-order valence-electron chi connectivity index (χ3n) is 3.26. The first-order chi connectivity index (χ1) is 10.8. The Hall–Kier alpha value is -2.81. The minimum Gasteiger partial charge on any atom is -0.480 e. The van der Waals surface area contributed by atoms with E-state index in [2.05, 4.69) is 10.6 Å². The Morgan fingerprint density at radius 2 is 1.91 bits per heavy atom. The Morgan fingerprint density at radius 1 is 1.30 bits per heavy atom. The van der Waals surface area contributed by atoms with E-state index >= 15 is 0 Å². The smallest absolute Gasteiger partial charge is 0.326 e. The zero-order chi connectivity index (χ0) is 17.4. The number of nitrogens with one attached hydrogen (secondary N) is 2. The van der Waals surface area contributed by atoms with Crippen LogP contribution >= 0.6 is 0 Å². The lowest BCUT2D eigenvalue weighted by molar-refractivity contribution is -0.142. The number of hydrogen-bond donors (Lipinski definition) is 3. The molecule has 1 aromatic rings. The minimum absolute atomic E-state index is 0.163. The molecule has 0 saturated carbocycles. The summed E-state index contributed by atoms with van der Waals surface area (Å²) in [7, 11) is 0. The Balaban J connectivity index is 2.67. The van der Waals surface area contributed by atoms with Gasteiger partial charge in [-0.05, 0) is 18.4 Å². The van der Waals surface area contributed by atoms with Gasteiger partial charge < -0.3 is 15.7 Å². The van der Waals surface area contributed by atoms with Gasteiger partial charge in [-0.1, -0.05) is 43.7 Å². The van der Waals surface area contributed by atoms with Crippen LogP contribution in [-0.4, -0.2) is 23.0 Å². The summed E-state index contributed by atoms with van der Waals surface area (Å²) in [6.07, 6.45) is 1.30. The first-order valence-electron chi connectivity index (χ1n) is 7.28. The molecule has 0 aromatic heterocycles. The van der Waals surface area contributed by atoms with Gasteiger partial charge in [0.1, 0.15) is 17.7 Å². The van der Waals surface area contributed by atoms with Gasteiger partial charge in [-0.2, -0.15) is 5.26 Å². The third-order valence-corrected chi connectivity index (χ3v) is 3.26. The SMILES string of the molecule is Cc1ccc(CN/C=C(/C#N)C(=O)NC(C(=O)O)C(C)C)cc1. The highest BCUT2D eigenvalue weighted by Gasteiger charge is 2.24. The summed E-state index contributed by atoms with van der Waals surface area (Å²) in [6.45, 7) is 5.82. The fourth-order valence-electron chi connectivity index (χ4n) is 1.86. The number of amides is 1. The summed E-state index contributed by atoms with van der Waals surface area (Å²) < 4.78 is 0. The number of carboxylic acid groups (broad SMARTS) is 1. The number of carboxylic acids is 1. The molecule has 1 aromatic carbocycles. The molecule has 0 aliphatic rings. The van der Waals surface area contributed by atoms with E-state index in [0.717, 1.165) is 11.1 Å². The number of nitrogens with zero attached hydrogens (tertiary/aromatic N) is 1. The Kier molecular flexibility index (Phi) is 6.81. The number of aliphatic carboxylic acids is 1. The van der Waals surface area contributed by atoms with Crippen molar-refractivity contribution in [3.63, 3.8) is 0 Å². The molecule has 0 aliphatic carbocycles. The molecule has 6 nitrogen and oxygen atoms in total. The van der Waals surface area contributed by atoms with E-state index < -0.39 is 17.9 Å². The molecule has 0 aliphatic heterocycles. The fourth-order valence-corrected chi connectivity index (χ4v) is 1.86. The lowest BCUT2D eigenvalue weighted by atomic mass is 10.0. The lowest BCUT2D eigenvalue weighted by Crippen LogP contribution is -2.44. The van der Waals surface area contributed by atoms with E-state index in [-0.39, 0.29) is 11.5 Å². The minimum atomic E-state index is -1.13. The molecule has 1 atom stereocenters. The quantitative estimate of drug-likeness (QED) is 0.525. The topological polar surface area (TPSA) is 102 Å². The molecule has 6 heteroatoms. The largest absolute Gasteiger partial charge is 0.480 e. The van der Waals surface area contributed by atoms with E-state index in [0.29, 0.717) is 6.54 Å². The van der Waals surface area contributed by atoms with Gasteiger partial charge in [-0.15, -0.1) is 0 Å². The van der Waals surface area contributed by atoms with Crippen molar-refractivity contribution in [2.75, 3.05) is 0 Å². The maximum atomic E-state index is 12.0. The molecule has 0 heterocycles. The first kappa shape index (κ1) is 18.2. The van der Waals surface area contributed by atoms with Crippen molar-refractivity contribution in [2.45, 2.75) is 33.4 Å². The molecule has 0 saturated heterocycles. The molecule has 23 heavy (non-hydrogen) atoms. The van der Waals surface area contributed by atoms with Gasteiger partial charge in [0, 0.05) is 12.7 Å². The normalized spacial score (nSPS) is 12.4. The van der Waals surface area contributed by atoms with Crippen LogP contribution in [0.5, 0.6) is 0 Å². The lowest BCUT2D eigenvalue weighted by Gasteiger charge is -2.17. The summed E-state index contributed by atoms with van der Waals surface area (Å²) in [4.78, 5) is 23.1. The summed E-state index contributed by atoms with van der Waals surface area (Å²) >= 11 is 0. The van der Waals surface area contributed by atoms with Gasteiger partial charge in [0.2, 0.25) is 0 Å². The van der Waals surface area contributed by atoms with Crippen LogP contribution in [0.3, 0.4) is 0 Å². The van der Waals surface area contributed by atoms with E-state index in [1.165, 1.54) is 6.20 Å². The van der Waals surface area contributed by atoms with E-state index in [4.69, 9.17) is 10.4 Å². The predicted octanol–water partition coefficient (Wildman–Crippen LogP) is 1.72. The van der Waals surface area contributed by atoms with Crippen molar-refractivity contribution in [3.8, 4) is 6.07 Å². The Bertz CT molecular complexity index is 627. The maximum absolute atomic E-state index is 12.0. The molecule has 0 bridgehead atoms. The molecule has 3 N–H and O–H groups in total. The zero-order valence-electron chi connectivity index (χ0n) is 13.5. The molecule has 0 fully saturated rings. The van der Waals surface area contributed by atoms with E-state index in [1.54, 1.807) is 19.9 Å².